The maximum atomic E-state index is 11.6. The Bertz CT molecular complexity index is 503. The highest BCUT2D eigenvalue weighted by Crippen LogP contribution is 2.29. The van der Waals surface area contributed by atoms with Gasteiger partial charge in [-0.3, -0.25) is 0 Å². The first-order valence-electron chi connectivity index (χ1n) is 7.41. The molecule has 1 aliphatic heterocycles. The van der Waals surface area contributed by atoms with Gasteiger partial charge in [0.2, 0.25) is 5.88 Å². The van der Waals surface area contributed by atoms with E-state index >= 15 is 0 Å². The van der Waals surface area contributed by atoms with Crippen LogP contribution in [0, 0.1) is 5.92 Å². The second-order valence-corrected chi connectivity index (χ2v) is 6.80. The molecule has 0 aliphatic carbocycles. The van der Waals surface area contributed by atoms with Gasteiger partial charge in [-0.05, 0) is 26.7 Å². The van der Waals surface area contributed by atoms with E-state index in [-0.39, 0.29) is 5.92 Å². The zero-order valence-corrected chi connectivity index (χ0v) is 13.5. The number of amides is 1. The van der Waals surface area contributed by atoms with Crippen LogP contribution in [0.5, 0.6) is 5.88 Å². The summed E-state index contributed by atoms with van der Waals surface area (Å²) in [5, 5.41) is 7.15. The molecule has 0 spiro atoms. The Labute approximate surface area is 125 Å². The van der Waals surface area contributed by atoms with Crippen molar-refractivity contribution < 1.29 is 14.3 Å². The van der Waals surface area contributed by atoms with Gasteiger partial charge in [-0.1, -0.05) is 13.8 Å². The van der Waals surface area contributed by atoms with E-state index in [2.05, 4.69) is 24.3 Å². The molecule has 6 nitrogen and oxygen atoms in total. The molecule has 1 amide bonds. The molecule has 1 unspecified atom stereocenters. The van der Waals surface area contributed by atoms with Gasteiger partial charge in [0, 0.05) is 18.0 Å². The van der Waals surface area contributed by atoms with Gasteiger partial charge in [0.05, 0.1) is 19.3 Å². The van der Waals surface area contributed by atoms with E-state index in [1.54, 1.807) is 0 Å². The lowest BCUT2D eigenvalue weighted by molar-refractivity contribution is 0.0503. The number of nitrogens with one attached hydrogen (secondary N) is 1. The van der Waals surface area contributed by atoms with Gasteiger partial charge in [-0.2, -0.15) is 5.10 Å². The van der Waals surface area contributed by atoms with Crippen LogP contribution in [0.15, 0.2) is 6.20 Å². The monoisotopic (exact) mass is 295 g/mol. The number of carbonyl (C=O) groups excluding carboxylic acids is 1. The molecule has 1 atom stereocenters. The van der Waals surface area contributed by atoms with Crippen LogP contribution < -0.4 is 10.1 Å². The molecule has 2 heterocycles. The van der Waals surface area contributed by atoms with Crippen LogP contribution in [0.25, 0.3) is 0 Å². The molecule has 2 rings (SSSR count). The fourth-order valence-electron chi connectivity index (χ4n) is 2.23. The van der Waals surface area contributed by atoms with Crippen LogP contribution in [-0.2, 0) is 11.3 Å². The molecule has 0 saturated heterocycles. The third kappa shape index (κ3) is 4.12. The SMILES string of the molecule is CC(C)c1cnn2c1OCC(CNC(=O)OC(C)(C)C)C2. The molecule has 21 heavy (non-hydrogen) atoms. The summed E-state index contributed by atoms with van der Waals surface area (Å²) in [5.74, 6) is 1.45. The normalized spacial score (nSPS) is 18.1. The first-order valence-corrected chi connectivity index (χ1v) is 7.41. The molecular weight excluding hydrogens is 270 g/mol. The molecule has 0 fully saturated rings. The molecule has 1 aromatic rings. The lowest BCUT2D eigenvalue weighted by atomic mass is 10.1. The highest BCUT2D eigenvalue weighted by atomic mass is 16.6. The highest BCUT2D eigenvalue weighted by Gasteiger charge is 2.25. The van der Waals surface area contributed by atoms with Crippen molar-refractivity contribution in [2.24, 2.45) is 5.92 Å². The van der Waals surface area contributed by atoms with E-state index < -0.39 is 11.7 Å². The van der Waals surface area contributed by atoms with Gasteiger partial charge >= 0.3 is 6.09 Å². The third-order valence-electron chi connectivity index (χ3n) is 3.26. The topological polar surface area (TPSA) is 65.4 Å². The molecule has 0 radical (unpaired) electrons. The largest absolute Gasteiger partial charge is 0.477 e. The van der Waals surface area contributed by atoms with Crippen LogP contribution in [-0.4, -0.2) is 34.6 Å². The summed E-state index contributed by atoms with van der Waals surface area (Å²) in [4.78, 5) is 11.6. The second-order valence-electron chi connectivity index (χ2n) is 6.80. The van der Waals surface area contributed by atoms with Gasteiger partial charge < -0.3 is 14.8 Å². The zero-order valence-electron chi connectivity index (χ0n) is 13.5. The van der Waals surface area contributed by atoms with Crippen molar-refractivity contribution in [1.82, 2.24) is 15.1 Å². The van der Waals surface area contributed by atoms with E-state index in [0.717, 1.165) is 18.0 Å². The lowest BCUT2D eigenvalue weighted by Gasteiger charge is -2.26. The number of rotatable bonds is 3. The number of alkyl carbamates (subject to hydrolysis) is 1. The Morgan fingerprint density at radius 2 is 2.29 bits per heavy atom. The summed E-state index contributed by atoms with van der Waals surface area (Å²) >= 11 is 0. The summed E-state index contributed by atoms with van der Waals surface area (Å²) in [6, 6.07) is 0. The quantitative estimate of drug-likeness (QED) is 0.930. The number of nitrogens with zero attached hydrogens (tertiary/aromatic N) is 2. The van der Waals surface area contributed by atoms with E-state index in [1.807, 2.05) is 31.6 Å². The Balaban J connectivity index is 1.87. The van der Waals surface area contributed by atoms with Crippen LogP contribution in [0.1, 0.15) is 46.1 Å². The third-order valence-corrected chi connectivity index (χ3v) is 3.26. The Morgan fingerprint density at radius 1 is 1.57 bits per heavy atom. The minimum atomic E-state index is -0.478. The molecule has 0 aromatic carbocycles. The summed E-state index contributed by atoms with van der Waals surface area (Å²) in [6.45, 7) is 11.6. The minimum Gasteiger partial charge on any atom is -0.477 e. The number of hydrogen-bond acceptors (Lipinski definition) is 4. The first-order chi connectivity index (χ1) is 9.76. The predicted molar refractivity (Wildman–Crippen MR) is 79.5 cm³/mol. The van der Waals surface area contributed by atoms with Crippen molar-refractivity contribution in [3.05, 3.63) is 11.8 Å². The Kier molecular flexibility index (Phi) is 4.44. The number of hydrogen-bond donors (Lipinski definition) is 1. The van der Waals surface area contributed by atoms with Gasteiger partial charge in [-0.25, -0.2) is 9.48 Å². The summed E-state index contributed by atoms with van der Waals surface area (Å²) in [6.07, 6.45) is 1.47. The van der Waals surface area contributed by atoms with Crippen molar-refractivity contribution in [2.45, 2.75) is 52.7 Å². The zero-order chi connectivity index (χ0) is 15.6. The maximum Gasteiger partial charge on any atom is 0.407 e. The summed E-state index contributed by atoms with van der Waals surface area (Å²) < 4.78 is 12.9. The van der Waals surface area contributed by atoms with E-state index in [9.17, 15) is 4.79 Å². The average Bonchev–Trinajstić information content (AvgIpc) is 2.77. The first kappa shape index (κ1) is 15.7. The fraction of sp³-hybridized carbons (Fsp3) is 0.733. The summed E-state index contributed by atoms with van der Waals surface area (Å²) in [5.41, 5.74) is 0.655. The van der Waals surface area contributed by atoms with Crippen LogP contribution in [0.2, 0.25) is 0 Å². The average molecular weight is 295 g/mol. The van der Waals surface area contributed by atoms with Crippen molar-refractivity contribution >= 4 is 6.09 Å². The number of ether oxygens (including phenoxy) is 2. The fourth-order valence-corrected chi connectivity index (χ4v) is 2.23. The Morgan fingerprint density at radius 3 is 2.90 bits per heavy atom. The molecular formula is C15H25N3O3. The van der Waals surface area contributed by atoms with Crippen molar-refractivity contribution in [3.8, 4) is 5.88 Å². The van der Waals surface area contributed by atoms with E-state index in [4.69, 9.17) is 9.47 Å². The smallest absolute Gasteiger partial charge is 0.407 e. The number of aromatic nitrogens is 2. The number of carbonyl (C=O) groups is 1. The predicted octanol–water partition coefficient (Wildman–Crippen LogP) is 2.54. The molecule has 0 saturated carbocycles. The van der Waals surface area contributed by atoms with E-state index in [0.29, 0.717) is 19.1 Å². The van der Waals surface area contributed by atoms with Crippen LogP contribution >= 0.6 is 0 Å². The van der Waals surface area contributed by atoms with Gasteiger partial charge in [-0.15, -0.1) is 0 Å². The lowest BCUT2D eigenvalue weighted by Crippen LogP contribution is -2.39. The Hall–Kier alpha value is -1.72. The van der Waals surface area contributed by atoms with Gasteiger partial charge in [0.15, 0.2) is 0 Å². The van der Waals surface area contributed by atoms with Crippen LogP contribution in [0.4, 0.5) is 4.79 Å². The van der Waals surface area contributed by atoms with E-state index in [1.165, 1.54) is 0 Å². The molecule has 6 heteroatoms. The second kappa shape index (κ2) is 5.95. The maximum absolute atomic E-state index is 11.6. The van der Waals surface area contributed by atoms with Gasteiger partial charge in [0.25, 0.3) is 0 Å². The van der Waals surface area contributed by atoms with Crippen LogP contribution in [0.3, 0.4) is 0 Å². The van der Waals surface area contributed by atoms with Crippen molar-refractivity contribution in [3.63, 3.8) is 0 Å². The minimum absolute atomic E-state index is 0.199. The molecule has 0 bridgehead atoms. The number of fused-ring (bicyclic) bond motifs is 1. The standard InChI is InChI=1S/C15H25N3O3/c1-10(2)12-7-17-18-8-11(9-20-13(12)18)6-16-14(19)21-15(3,4)5/h7,10-11H,6,8-9H2,1-5H3,(H,16,19). The van der Waals surface area contributed by atoms with Crippen molar-refractivity contribution in [1.29, 1.82) is 0 Å². The summed E-state index contributed by atoms with van der Waals surface area (Å²) in [7, 11) is 0. The highest BCUT2D eigenvalue weighted by molar-refractivity contribution is 5.67. The molecule has 1 N–H and O–H groups in total. The molecule has 1 aromatic heterocycles. The molecule has 1 aliphatic rings. The van der Waals surface area contributed by atoms with Gasteiger partial charge in [0.1, 0.15) is 5.60 Å². The molecule has 118 valence electrons. The van der Waals surface area contributed by atoms with Crippen molar-refractivity contribution in [2.75, 3.05) is 13.2 Å².